The molecule has 2 rings (SSSR count). The number of hydrogen-bond acceptors (Lipinski definition) is 2. The van der Waals surface area contributed by atoms with Crippen molar-refractivity contribution in [1.29, 1.82) is 0 Å². The summed E-state index contributed by atoms with van der Waals surface area (Å²) in [5.74, 6) is 0.993. The lowest BCUT2D eigenvalue weighted by atomic mass is 10.0. The van der Waals surface area contributed by atoms with Crippen molar-refractivity contribution < 1.29 is 13.9 Å². The van der Waals surface area contributed by atoms with Gasteiger partial charge >= 0.3 is 0 Å². The van der Waals surface area contributed by atoms with E-state index in [1.807, 2.05) is 20.8 Å². The molecule has 16 heavy (non-hydrogen) atoms. The summed E-state index contributed by atoms with van der Waals surface area (Å²) < 4.78 is 24.1. The van der Waals surface area contributed by atoms with Gasteiger partial charge in [0.05, 0.1) is 13.2 Å². The lowest BCUT2D eigenvalue weighted by molar-refractivity contribution is 0.181. The SMILES string of the molecule is CC.COc1ccc(F)c2c1OC(C)CC2. The third kappa shape index (κ3) is 2.46. The minimum Gasteiger partial charge on any atom is -0.493 e. The Bertz CT molecular complexity index is 350. The van der Waals surface area contributed by atoms with Gasteiger partial charge in [0.15, 0.2) is 11.5 Å². The van der Waals surface area contributed by atoms with Crippen LogP contribution >= 0.6 is 0 Å². The van der Waals surface area contributed by atoms with E-state index in [4.69, 9.17) is 9.47 Å². The van der Waals surface area contributed by atoms with Crippen molar-refractivity contribution in [3.05, 3.63) is 23.5 Å². The summed E-state index contributed by atoms with van der Waals surface area (Å²) in [7, 11) is 1.57. The van der Waals surface area contributed by atoms with Crippen molar-refractivity contribution in [2.45, 2.75) is 39.7 Å². The molecule has 1 aliphatic heterocycles. The summed E-state index contributed by atoms with van der Waals surface area (Å²) in [4.78, 5) is 0. The van der Waals surface area contributed by atoms with Gasteiger partial charge in [-0.25, -0.2) is 4.39 Å². The fourth-order valence-corrected chi connectivity index (χ4v) is 1.71. The number of benzene rings is 1. The molecular weight excluding hydrogens is 207 g/mol. The predicted octanol–water partition coefficient (Wildman–Crippen LogP) is 3.57. The molecule has 1 heterocycles. The number of halogens is 1. The highest BCUT2D eigenvalue weighted by Gasteiger charge is 2.22. The van der Waals surface area contributed by atoms with Crippen LogP contribution < -0.4 is 9.47 Å². The van der Waals surface area contributed by atoms with Crippen LogP contribution in [0, 0.1) is 5.82 Å². The summed E-state index contributed by atoms with van der Waals surface area (Å²) in [6.07, 6.45) is 1.72. The molecule has 1 unspecified atom stereocenters. The average molecular weight is 226 g/mol. The molecule has 0 amide bonds. The Balaban J connectivity index is 0.000000606. The minimum atomic E-state index is -0.201. The smallest absolute Gasteiger partial charge is 0.167 e. The zero-order valence-corrected chi connectivity index (χ0v) is 10.3. The van der Waals surface area contributed by atoms with Gasteiger partial charge in [-0.2, -0.15) is 0 Å². The highest BCUT2D eigenvalue weighted by Crippen LogP contribution is 2.37. The molecular formula is C13H19FO2. The normalized spacial score (nSPS) is 17.7. The summed E-state index contributed by atoms with van der Waals surface area (Å²) >= 11 is 0. The van der Waals surface area contributed by atoms with Crippen LogP contribution in [0.25, 0.3) is 0 Å². The average Bonchev–Trinajstić information content (AvgIpc) is 2.32. The Labute approximate surface area is 96.4 Å². The number of fused-ring (bicyclic) bond motifs is 1. The molecule has 2 nitrogen and oxygen atoms in total. The van der Waals surface area contributed by atoms with Crippen LogP contribution in [0.4, 0.5) is 4.39 Å². The molecule has 3 heteroatoms. The molecule has 1 aliphatic rings. The molecule has 0 fully saturated rings. The molecule has 0 saturated heterocycles. The van der Waals surface area contributed by atoms with Crippen molar-refractivity contribution in [1.82, 2.24) is 0 Å². The topological polar surface area (TPSA) is 18.5 Å². The largest absolute Gasteiger partial charge is 0.493 e. The highest BCUT2D eigenvalue weighted by molar-refractivity contribution is 5.48. The van der Waals surface area contributed by atoms with E-state index in [2.05, 4.69) is 0 Å². The second kappa shape index (κ2) is 5.73. The third-order valence-electron chi connectivity index (χ3n) is 2.51. The molecule has 1 atom stereocenters. The zero-order valence-electron chi connectivity index (χ0n) is 10.3. The summed E-state index contributed by atoms with van der Waals surface area (Å²) in [6.45, 7) is 5.98. The second-order valence-electron chi connectivity index (χ2n) is 3.52. The van der Waals surface area contributed by atoms with Gasteiger partial charge < -0.3 is 9.47 Å². The fraction of sp³-hybridized carbons (Fsp3) is 0.538. The minimum absolute atomic E-state index is 0.137. The first kappa shape index (κ1) is 12.8. The molecule has 0 aliphatic carbocycles. The van der Waals surface area contributed by atoms with Gasteiger partial charge in [-0.15, -0.1) is 0 Å². The maximum atomic E-state index is 13.4. The molecule has 0 aromatic heterocycles. The molecule has 0 N–H and O–H groups in total. The van der Waals surface area contributed by atoms with Crippen LogP contribution in [0.1, 0.15) is 32.8 Å². The summed E-state index contributed by atoms with van der Waals surface area (Å²) in [6, 6.07) is 3.03. The fourth-order valence-electron chi connectivity index (χ4n) is 1.71. The van der Waals surface area contributed by atoms with E-state index in [-0.39, 0.29) is 11.9 Å². The number of methoxy groups -OCH3 is 1. The van der Waals surface area contributed by atoms with Crippen LogP contribution in [-0.2, 0) is 6.42 Å². The van der Waals surface area contributed by atoms with E-state index in [1.54, 1.807) is 13.2 Å². The van der Waals surface area contributed by atoms with Crippen molar-refractivity contribution >= 4 is 0 Å². The zero-order chi connectivity index (χ0) is 12.1. The van der Waals surface area contributed by atoms with E-state index in [0.29, 0.717) is 17.1 Å². The van der Waals surface area contributed by atoms with E-state index >= 15 is 0 Å². The maximum absolute atomic E-state index is 13.4. The molecule has 90 valence electrons. The maximum Gasteiger partial charge on any atom is 0.167 e. The standard InChI is InChI=1S/C11H13FO2.C2H6/c1-7-3-4-8-9(12)5-6-10(13-2)11(8)14-7;1-2/h5-7H,3-4H2,1-2H3;1-2H3. The first-order valence-corrected chi connectivity index (χ1v) is 5.74. The predicted molar refractivity (Wildman–Crippen MR) is 62.7 cm³/mol. The van der Waals surface area contributed by atoms with Crippen molar-refractivity contribution in [3.63, 3.8) is 0 Å². The molecule has 1 aromatic carbocycles. The van der Waals surface area contributed by atoms with Crippen LogP contribution in [-0.4, -0.2) is 13.2 Å². The van der Waals surface area contributed by atoms with Gasteiger partial charge in [-0.3, -0.25) is 0 Å². The van der Waals surface area contributed by atoms with Crippen molar-refractivity contribution in [3.8, 4) is 11.5 Å². The lowest BCUT2D eigenvalue weighted by Crippen LogP contribution is -2.20. The first-order chi connectivity index (χ1) is 7.72. The van der Waals surface area contributed by atoms with E-state index in [9.17, 15) is 4.39 Å². The number of rotatable bonds is 1. The Morgan fingerprint density at radius 1 is 1.38 bits per heavy atom. The number of ether oxygens (including phenoxy) is 2. The van der Waals surface area contributed by atoms with Crippen molar-refractivity contribution in [2.75, 3.05) is 7.11 Å². The van der Waals surface area contributed by atoms with Crippen LogP contribution in [0.15, 0.2) is 12.1 Å². The van der Waals surface area contributed by atoms with Crippen LogP contribution in [0.2, 0.25) is 0 Å². The van der Waals surface area contributed by atoms with Gasteiger partial charge in [0, 0.05) is 5.56 Å². The molecule has 0 spiro atoms. The van der Waals surface area contributed by atoms with Crippen LogP contribution in [0.5, 0.6) is 11.5 Å². The second-order valence-corrected chi connectivity index (χ2v) is 3.52. The summed E-state index contributed by atoms with van der Waals surface area (Å²) in [5.41, 5.74) is 0.641. The Hall–Kier alpha value is -1.25. The van der Waals surface area contributed by atoms with Gasteiger partial charge in [0.2, 0.25) is 0 Å². The summed E-state index contributed by atoms with van der Waals surface area (Å²) in [5, 5.41) is 0. The highest BCUT2D eigenvalue weighted by atomic mass is 19.1. The van der Waals surface area contributed by atoms with E-state index in [1.165, 1.54) is 6.07 Å². The molecule has 0 bridgehead atoms. The van der Waals surface area contributed by atoms with Gasteiger partial charge in [-0.1, -0.05) is 13.8 Å². The Morgan fingerprint density at radius 3 is 2.69 bits per heavy atom. The van der Waals surface area contributed by atoms with Gasteiger partial charge in [0.1, 0.15) is 5.82 Å². The van der Waals surface area contributed by atoms with E-state index in [0.717, 1.165) is 12.8 Å². The van der Waals surface area contributed by atoms with Crippen LogP contribution in [0.3, 0.4) is 0 Å². The lowest BCUT2D eigenvalue weighted by Gasteiger charge is -2.25. The van der Waals surface area contributed by atoms with Gasteiger partial charge in [0.25, 0.3) is 0 Å². The Kier molecular flexibility index (Phi) is 4.59. The molecule has 1 aromatic rings. The van der Waals surface area contributed by atoms with E-state index < -0.39 is 0 Å². The van der Waals surface area contributed by atoms with Crippen molar-refractivity contribution in [2.24, 2.45) is 0 Å². The van der Waals surface area contributed by atoms with Gasteiger partial charge in [-0.05, 0) is 31.9 Å². The molecule has 0 radical (unpaired) electrons. The third-order valence-corrected chi connectivity index (χ3v) is 2.51. The Morgan fingerprint density at radius 2 is 2.06 bits per heavy atom. The molecule has 0 saturated carbocycles. The quantitative estimate of drug-likeness (QED) is 0.728. The number of hydrogen-bond donors (Lipinski definition) is 0. The monoisotopic (exact) mass is 226 g/mol. The first-order valence-electron chi connectivity index (χ1n) is 5.74.